The monoisotopic (exact) mass is 416 g/mol. The minimum Gasteiger partial charge on any atom is -0.356 e. The third kappa shape index (κ3) is 5.07. The predicted molar refractivity (Wildman–Crippen MR) is 106 cm³/mol. The summed E-state index contributed by atoms with van der Waals surface area (Å²) in [7, 11) is -3.53. The minimum absolute atomic E-state index is 0. The number of sulfonamides is 1. The van der Waals surface area contributed by atoms with E-state index in [2.05, 4.69) is 19.6 Å². The average Bonchev–Trinajstić information content (AvgIpc) is 2.54. The zero-order valence-corrected chi connectivity index (χ0v) is 17.0. The maximum atomic E-state index is 12.5. The zero-order chi connectivity index (χ0) is 18.0. The molecule has 9 heteroatoms. The van der Waals surface area contributed by atoms with E-state index in [0.717, 1.165) is 43.3 Å². The van der Waals surface area contributed by atoms with E-state index in [1.54, 1.807) is 12.1 Å². The van der Waals surface area contributed by atoms with E-state index in [1.807, 2.05) is 19.9 Å². The molecule has 1 N–H and O–H groups in total. The van der Waals surface area contributed by atoms with Gasteiger partial charge in [-0.25, -0.2) is 23.1 Å². The van der Waals surface area contributed by atoms with Gasteiger partial charge in [0.1, 0.15) is 11.6 Å². The van der Waals surface area contributed by atoms with Gasteiger partial charge in [0.05, 0.1) is 4.90 Å². The van der Waals surface area contributed by atoms with Crippen molar-refractivity contribution >= 4 is 39.8 Å². The molecule has 0 radical (unpaired) electrons. The maximum Gasteiger partial charge on any atom is 0.240 e. The molecule has 0 bridgehead atoms. The second-order valence-corrected chi connectivity index (χ2v) is 8.40. The van der Waals surface area contributed by atoms with Gasteiger partial charge in [0.2, 0.25) is 10.0 Å². The molecule has 1 aliphatic rings. The molecular weight excluding hydrogens is 395 g/mol. The fraction of sp³-hybridized carbons (Fsp3) is 0.412. The van der Waals surface area contributed by atoms with Crippen molar-refractivity contribution in [1.29, 1.82) is 0 Å². The zero-order valence-electron chi connectivity index (χ0n) is 14.6. The number of hydrogen-bond acceptors (Lipinski definition) is 5. The Morgan fingerprint density at radius 3 is 2.31 bits per heavy atom. The summed E-state index contributed by atoms with van der Waals surface area (Å²) in [6, 6.07) is 8.08. The molecule has 0 aliphatic carbocycles. The topological polar surface area (TPSA) is 75.2 Å². The number of hydrogen-bond donors (Lipinski definition) is 1. The molecule has 2 aromatic rings. The number of halogens is 2. The van der Waals surface area contributed by atoms with Crippen molar-refractivity contribution < 1.29 is 8.42 Å². The fourth-order valence-corrected chi connectivity index (χ4v) is 4.42. The molecule has 1 fully saturated rings. The first-order chi connectivity index (χ1) is 11.8. The second-order valence-electron chi connectivity index (χ2n) is 6.25. The van der Waals surface area contributed by atoms with E-state index in [9.17, 15) is 8.42 Å². The van der Waals surface area contributed by atoms with Crippen molar-refractivity contribution in [3.63, 3.8) is 0 Å². The van der Waals surface area contributed by atoms with Crippen molar-refractivity contribution in [2.75, 3.05) is 18.0 Å². The van der Waals surface area contributed by atoms with Crippen LogP contribution in [-0.4, -0.2) is 37.5 Å². The summed E-state index contributed by atoms with van der Waals surface area (Å²) in [6.07, 6.45) is 1.46. The summed E-state index contributed by atoms with van der Waals surface area (Å²) in [4.78, 5) is 11.2. The Labute approximate surface area is 165 Å². The number of aryl methyl sites for hydroxylation is 2. The van der Waals surface area contributed by atoms with Crippen LogP contribution in [0.25, 0.3) is 0 Å². The van der Waals surface area contributed by atoms with Gasteiger partial charge >= 0.3 is 0 Å². The van der Waals surface area contributed by atoms with E-state index >= 15 is 0 Å². The highest BCUT2D eigenvalue weighted by molar-refractivity contribution is 7.89. The van der Waals surface area contributed by atoms with Gasteiger partial charge in [-0.15, -0.1) is 12.4 Å². The van der Waals surface area contributed by atoms with Crippen LogP contribution in [0.1, 0.15) is 24.4 Å². The van der Waals surface area contributed by atoms with Crippen LogP contribution in [0.5, 0.6) is 0 Å². The highest BCUT2D eigenvalue weighted by atomic mass is 35.5. The molecule has 142 valence electrons. The first kappa shape index (κ1) is 20.9. The van der Waals surface area contributed by atoms with Crippen LogP contribution < -0.4 is 9.62 Å². The van der Waals surface area contributed by atoms with Crippen LogP contribution in [0.4, 0.5) is 5.82 Å². The lowest BCUT2D eigenvalue weighted by atomic mass is 10.1. The van der Waals surface area contributed by atoms with E-state index in [-0.39, 0.29) is 23.3 Å². The molecule has 0 amide bonds. The molecule has 0 saturated carbocycles. The van der Waals surface area contributed by atoms with Gasteiger partial charge in [0, 0.05) is 35.9 Å². The molecular formula is C17H22Cl2N4O2S. The van der Waals surface area contributed by atoms with Gasteiger partial charge in [-0.1, -0.05) is 11.6 Å². The van der Waals surface area contributed by atoms with Crippen molar-refractivity contribution in [2.24, 2.45) is 0 Å². The summed E-state index contributed by atoms with van der Waals surface area (Å²) < 4.78 is 27.7. The summed E-state index contributed by atoms with van der Waals surface area (Å²) in [5.74, 6) is 1.66. The highest BCUT2D eigenvalue weighted by Crippen LogP contribution is 2.21. The Balaban J connectivity index is 0.00000243. The molecule has 0 atom stereocenters. The lowest BCUT2D eigenvalue weighted by Crippen LogP contribution is -2.44. The third-order valence-electron chi connectivity index (χ3n) is 4.22. The molecule has 1 aromatic carbocycles. The van der Waals surface area contributed by atoms with Gasteiger partial charge in [-0.2, -0.15) is 0 Å². The third-order valence-corrected chi connectivity index (χ3v) is 6.01. The van der Waals surface area contributed by atoms with E-state index in [1.165, 1.54) is 12.1 Å². The van der Waals surface area contributed by atoms with Crippen LogP contribution in [0, 0.1) is 13.8 Å². The van der Waals surface area contributed by atoms with Crippen molar-refractivity contribution in [2.45, 2.75) is 37.6 Å². The van der Waals surface area contributed by atoms with Crippen LogP contribution in [0.3, 0.4) is 0 Å². The normalized spacial score (nSPS) is 15.6. The van der Waals surface area contributed by atoms with E-state index in [4.69, 9.17) is 11.6 Å². The van der Waals surface area contributed by atoms with Gasteiger partial charge in [0.15, 0.2) is 0 Å². The molecule has 6 nitrogen and oxygen atoms in total. The smallest absolute Gasteiger partial charge is 0.240 e. The van der Waals surface area contributed by atoms with Crippen molar-refractivity contribution in [3.8, 4) is 0 Å². The first-order valence-electron chi connectivity index (χ1n) is 8.18. The Morgan fingerprint density at radius 1 is 1.12 bits per heavy atom. The quantitative estimate of drug-likeness (QED) is 0.828. The number of nitrogens with zero attached hydrogens (tertiary/aromatic N) is 3. The maximum absolute atomic E-state index is 12.5. The molecule has 1 aromatic heterocycles. The number of anilines is 1. The fourth-order valence-electron chi connectivity index (χ4n) is 2.99. The second kappa shape index (κ2) is 8.52. The largest absolute Gasteiger partial charge is 0.356 e. The summed E-state index contributed by atoms with van der Waals surface area (Å²) in [6.45, 7) is 5.34. The van der Waals surface area contributed by atoms with Gasteiger partial charge < -0.3 is 4.90 Å². The average molecular weight is 417 g/mol. The molecule has 1 aliphatic heterocycles. The molecule has 1 saturated heterocycles. The number of benzene rings is 1. The summed E-state index contributed by atoms with van der Waals surface area (Å²) >= 11 is 5.82. The van der Waals surface area contributed by atoms with Crippen molar-refractivity contribution in [1.82, 2.24) is 14.7 Å². The first-order valence-corrected chi connectivity index (χ1v) is 10.0. The van der Waals surface area contributed by atoms with Gasteiger partial charge in [-0.3, -0.25) is 0 Å². The van der Waals surface area contributed by atoms with Gasteiger partial charge in [-0.05, 0) is 51.0 Å². The van der Waals surface area contributed by atoms with Gasteiger partial charge in [0.25, 0.3) is 0 Å². The van der Waals surface area contributed by atoms with Crippen LogP contribution in [0.2, 0.25) is 5.02 Å². The Bertz CT molecular complexity index is 831. The lowest BCUT2D eigenvalue weighted by Gasteiger charge is -2.33. The number of rotatable bonds is 4. The Kier molecular flexibility index (Phi) is 6.85. The number of nitrogens with one attached hydrogen (secondary N) is 1. The highest BCUT2D eigenvalue weighted by Gasteiger charge is 2.25. The molecule has 26 heavy (non-hydrogen) atoms. The lowest BCUT2D eigenvalue weighted by molar-refractivity contribution is 0.458. The molecule has 0 spiro atoms. The number of piperidine rings is 1. The predicted octanol–water partition coefficient (Wildman–Crippen LogP) is 3.12. The Hall–Kier alpha value is -1.41. The van der Waals surface area contributed by atoms with E-state index < -0.39 is 10.0 Å². The minimum atomic E-state index is -3.53. The van der Waals surface area contributed by atoms with E-state index in [0.29, 0.717) is 5.02 Å². The summed E-state index contributed by atoms with van der Waals surface area (Å²) in [5, 5.41) is 0.516. The van der Waals surface area contributed by atoms with Crippen molar-refractivity contribution in [3.05, 3.63) is 46.9 Å². The van der Waals surface area contributed by atoms with Crippen LogP contribution in [0.15, 0.2) is 35.2 Å². The SMILES string of the molecule is Cc1cc(N2CCC(NS(=O)(=O)c3ccc(Cl)cc3)CC2)nc(C)n1.Cl. The standard InChI is InChI=1S/C17H21ClN4O2S.ClH/c1-12-11-17(20-13(2)19-12)22-9-7-15(8-10-22)21-25(23,24)16-5-3-14(18)4-6-16;/h3-6,11,15,21H,7-10H2,1-2H3;1H. The van der Waals surface area contributed by atoms with Crippen LogP contribution in [-0.2, 0) is 10.0 Å². The van der Waals surface area contributed by atoms with Crippen LogP contribution >= 0.6 is 24.0 Å². The summed E-state index contributed by atoms with van der Waals surface area (Å²) in [5.41, 5.74) is 0.938. The molecule has 3 rings (SSSR count). The Morgan fingerprint density at radius 2 is 1.73 bits per heavy atom. The molecule has 2 heterocycles. The molecule has 0 unspecified atom stereocenters. The number of aromatic nitrogens is 2.